The van der Waals surface area contributed by atoms with E-state index in [1.807, 2.05) is 0 Å². The van der Waals surface area contributed by atoms with E-state index in [4.69, 9.17) is 11.6 Å². The molecule has 0 aliphatic carbocycles. The van der Waals surface area contributed by atoms with Crippen molar-refractivity contribution < 1.29 is 4.39 Å². The molecule has 1 heterocycles. The second kappa shape index (κ2) is 5.73. The summed E-state index contributed by atoms with van der Waals surface area (Å²) in [5.74, 6) is 0.0233. The number of hydrogen-bond donors (Lipinski definition) is 1. The molecule has 0 bridgehead atoms. The summed E-state index contributed by atoms with van der Waals surface area (Å²) >= 11 is 9.06. The number of halogens is 3. The molecule has 1 N–H and O–H groups in total. The van der Waals surface area contributed by atoms with E-state index in [1.54, 1.807) is 37.6 Å². The predicted molar refractivity (Wildman–Crippen MR) is 72.0 cm³/mol. The monoisotopic (exact) mass is 329 g/mol. The van der Waals surface area contributed by atoms with Crippen LogP contribution in [0.2, 0.25) is 5.02 Å². The van der Waals surface area contributed by atoms with Gasteiger partial charge in [-0.25, -0.2) is 14.4 Å². The lowest BCUT2D eigenvalue weighted by atomic mass is 10.1. The minimum absolute atomic E-state index is 0.0590. The van der Waals surface area contributed by atoms with Crippen molar-refractivity contribution >= 4 is 27.5 Å². The average Bonchev–Trinajstić information content (AvgIpc) is 2.41. The molecule has 0 amide bonds. The van der Waals surface area contributed by atoms with E-state index in [2.05, 4.69) is 31.2 Å². The summed E-state index contributed by atoms with van der Waals surface area (Å²) in [5.41, 5.74) is 0.414. The lowest BCUT2D eigenvalue weighted by Gasteiger charge is -2.16. The first-order valence-corrected chi connectivity index (χ1v) is 6.39. The molecule has 1 unspecified atom stereocenters. The average molecular weight is 331 g/mol. The fourth-order valence-electron chi connectivity index (χ4n) is 1.65. The van der Waals surface area contributed by atoms with Gasteiger partial charge in [0.05, 0.1) is 11.1 Å². The molecule has 1 aromatic heterocycles. The fraction of sp³-hybridized carbons (Fsp3) is 0.167. The van der Waals surface area contributed by atoms with Crippen LogP contribution in [0.25, 0.3) is 0 Å². The highest BCUT2D eigenvalue weighted by Crippen LogP contribution is 2.31. The molecular weight excluding hydrogens is 321 g/mol. The number of aromatic nitrogens is 2. The Labute approximate surface area is 118 Å². The molecule has 0 aliphatic heterocycles. The lowest BCUT2D eigenvalue weighted by molar-refractivity contribution is 0.562. The molecule has 2 aromatic rings. The molecule has 0 spiro atoms. The Balaban J connectivity index is 2.50. The van der Waals surface area contributed by atoms with Crippen LogP contribution in [0.5, 0.6) is 0 Å². The smallest absolute Gasteiger partial charge is 0.149 e. The van der Waals surface area contributed by atoms with Crippen molar-refractivity contribution in [2.24, 2.45) is 0 Å². The Bertz CT molecular complexity index is 551. The number of benzene rings is 1. The maximum absolute atomic E-state index is 14.1. The van der Waals surface area contributed by atoms with Gasteiger partial charge in [0.1, 0.15) is 11.6 Å². The van der Waals surface area contributed by atoms with E-state index in [9.17, 15) is 4.39 Å². The van der Waals surface area contributed by atoms with Gasteiger partial charge in [-0.15, -0.1) is 0 Å². The highest BCUT2D eigenvalue weighted by atomic mass is 79.9. The SMILES string of the molecule is CNC(c1ncccn1)c1ccc(Br)c(Cl)c1F. The van der Waals surface area contributed by atoms with Gasteiger partial charge in [0, 0.05) is 22.4 Å². The first-order valence-electron chi connectivity index (χ1n) is 5.22. The second-order valence-electron chi connectivity index (χ2n) is 3.59. The Hall–Kier alpha value is -1.04. The normalized spacial score (nSPS) is 12.4. The van der Waals surface area contributed by atoms with Crippen molar-refractivity contribution in [3.63, 3.8) is 0 Å². The van der Waals surface area contributed by atoms with Crippen molar-refractivity contribution in [3.8, 4) is 0 Å². The van der Waals surface area contributed by atoms with Gasteiger partial charge in [-0.1, -0.05) is 17.7 Å². The molecule has 2 rings (SSSR count). The van der Waals surface area contributed by atoms with Gasteiger partial charge >= 0.3 is 0 Å². The maximum atomic E-state index is 14.1. The van der Waals surface area contributed by atoms with E-state index in [1.165, 1.54) is 0 Å². The van der Waals surface area contributed by atoms with Crippen molar-refractivity contribution in [2.45, 2.75) is 6.04 Å². The first-order chi connectivity index (χ1) is 8.65. The summed E-state index contributed by atoms with van der Waals surface area (Å²) in [5, 5.41) is 3.04. The maximum Gasteiger partial charge on any atom is 0.149 e. The zero-order valence-corrected chi connectivity index (χ0v) is 11.8. The Morgan fingerprint density at radius 1 is 1.33 bits per heavy atom. The van der Waals surface area contributed by atoms with Gasteiger partial charge in [-0.3, -0.25) is 0 Å². The molecule has 0 radical (unpaired) electrons. The van der Waals surface area contributed by atoms with Gasteiger partial charge in [0.2, 0.25) is 0 Å². The Morgan fingerprint density at radius 3 is 2.61 bits per heavy atom. The molecule has 94 valence electrons. The second-order valence-corrected chi connectivity index (χ2v) is 4.83. The van der Waals surface area contributed by atoms with Crippen LogP contribution in [0, 0.1) is 5.82 Å². The quantitative estimate of drug-likeness (QED) is 0.877. The summed E-state index contributed by atoms with van der Waals surface area (Å²) in [4.78, 5) is 8.25. The molecule has 0 aliphatic rings. The van der Waals surface area contributed by atoms with Crippen LogP contribution in [0.15, 0.2) is 35.1 Å². The minimum atomic E-state index is -0.474. The first kappa shape index (κ1) is 13.4. The molecule has 3 nitrogen and oxygen atoms in total. The van der Waals surface area contributed by atoms with E-state index in [-0.39, 0.29) is 5.02 Å². The number of nitrogens with zero attached hydrogens (tertiary/aromatic N) is 2. The number of nitrogens with one attached hydrogen (secondary N) is 1. The molecule has 1 atom stereocenters. The van der Waals surface area contributed by atoms with Crippen LogP contribution in [-0.2, 0) is 0 Å². The van der Waals surface area contributed by atoms with Gasteiger partial charge < -0.3 is 5.32 Å². The van der Waals surface area contributed by atoms with Crippen LogP contribution >= 0.6 is 27.5 Å². The van der Waals surface area contributed by atoms with E-state index in [0.29, 0.717) is 15.9 Å². The standard InChI is InChI=1S/C12H10BrClFN3/c1-16-11(12-17-5-2-6-18-12)7-3-4-8(13)9(14)10(7)15/h2-6,11,16H,1H3. The Kier molecular flexibility index (Phi) is 4.27. The largest absolute Gasteiger partial charge is 0.307 e. The van der Waals surface area contributed by atoms with Gasteiger partial charge in [0.15, 0.2) is 0 Å². The van der Waals surface area contributed by atoms with Crippen molar-refractivity contribution in [3.05, 3.63) is 57.3 Å². The van der Waals surface area contributed by atoms with E-state index >= 15 is 0 Å². The molecule has 0 saturated heterocycles. The zero-order chi connectivity index (χ0) is 13.1. The van der Waals surface area contributed by atoms with E-state index in [0.717, 1.165) is 0 Å². The molecule has 0 fully saturated rings. The van der Waals surface area contributed by atoms with Crippen LogP contribution in [-0.4, -0.2) is 17.0 Å². The number of rotatable bonds is 3. The summed E-state index contributed by atoms with van der Waals surface area (Å²) in [6, 6.07) is 4.63. The summed E-state index contributed by atoms with van der Waals surface area (Å²) in [6.07, 6.45) is 3.23. The van der Waals surface area contributed by atoms with Crippen LogP contribution < -0.4 is 5.32 Å². The third-order valence-electron chi connectivity index (χ3n) is 2.51. The zero-order valence-electron chi connectivity index (χ0n) is 9.49. The predicted octanol–water partition coefficient (Wildman–Crippen LogP) is 3.34. The van der Waals surface area contributed by atoms with E-state index < -0.39 is 11.9 Å². The number of hydrogen-bond acceptors (Lipinski definition) is 3. The highest BCUT2D eigenvalue weighted by Gasteiger charge is 2.21. The third-order valence-corrected chi connectivity index (χ3v) is 3.77. The van der Waals surface area contributed by atoms with Crippen LogP contribution in [0.1, 0.15) is 17.4 Å². The summed E-state index contributed by atoms with van der Waals surface area (Å²) in [7, 11) is 1.72. The van der Waals surface area contributed by atoms with Crippen molar-refractivity contribution in [1.29, 1.82) is 0 Å². The summed E-state index contributed by atoms with van der Waals surface area (Å²) in [6.45, 7) is 0. The molecule has 0 saturated carbocycles. The van der Waals surface area contributed by atoms with Gasteiger partial charge in [-0.05, 0) is 35.1 Å². The van der Waals surface area contributed by atoms with Crippen molar-refractivity contribution in [2.75, 3.05) is 7.05 Å². The van der Waals surface area contributed by atoms with Gasteiger partial charge in [0.25, 0.3) is 0 Å². The third kappa shape index (κ3) is 2.53. The van der Waals surface area contributed by atoms with Crippen LogP contribution in [0.3, 0.4) is 0 Å². The highest BCUT2D eigenvalue weighted by molar-refractivity contribution is 9.10. The Morgan fingerprint density at radius 2 is 2.00 bits per heavy atom. The van der Waals surface area contributed by atoms with Crippen LogP contribution in [0.4, 0.5) is 4.39 Å². The molecule has 1 aromatic carbocycles. The molecular formula is C12H10BrClFN3. The minimum Gasteiger partial charge on any atom is -0.307 e. The molecule has 6 heteroatoms. The van der Waals surface area contributed by atoms with Gasteiger partial charge in [-0.2, -0.15) is 0 Å². The van der Waals surface area contributed by atoms with Crippen molar-refractivity contribution in [1.82, 2.24) is 15.3 Å². The topological polar surface area (TPSA) is 37.8 Å². The lowest BCUT2D eigenvalue weighted by Crippen LogP contribution is -2.21. The molecule has 18 heavy (non-hydrogen) atoms. The fourth-order valence-corrected chi connectivity index (χ4v) is 2.13. The summed E-state index contributed by atoms with van der Waals surface area (Å²) < 4.78 is 14.7.